The summed E-state index contributed by atoms with van der Waals surface area (Å²) < 4.78 is 44.6. The number of aliphatic carboxylic acids is 1. The molecule has 0 spiro atoms. The quantitative estimate of drug-likeness (QED) is 0.501. The lowest BCUT2D eigenvalue weighted by Gasteiger charge is -2.34. The minimum Gasteiger partial charge on any atom is -0.481 e. The summed E-state index contributed by atoms with van der Waals surface area (Å²) in [5.41, 5.74) is 2.32. The molecule has 6 nitrogen and oxygen atoms in total. The molecular weight excluding hydrogens is 507 g/mol. The van der Waals surface area contributed by atoms with Gasteiger partial charge in [0.1, 0.15) is 17.5 Å². The molecule has 2 aromatic carbocycles. The molecule has 1 fully saturated rings. The molecule has 37 heavy (non-hydrogen) atoms. The number of carboxylic acid groups (broad SMARTS) is 1. The molecule has 1 saturated heterocycles. The van der Waals surface area contributed by atoms with Gasteiger partial charge in [-0.3, -0.25) is 14.5 Å². The lowest BCUT2D eigenvalue weighted by atomic mass is 9.93. The van der Waals surface area contributed by atoms with E-state index in [9.17, 15) is 22.8 Å². The van der Waals surface area contributed by atoms with E-state index in [1.165, 1.54) is 18.2 Å². The number of fused-ring (bicyclic) bond motifs is 3. The number of halogens is 4. The second-order valence-electron chi connectivity index (χ2n) is 9.77. The van der Waals surface area contributed by atoms with E-state index in [0.29, 0.717) is 31.6 Å². The number of benzene rings is 2. The molecule has 0 saturated carbocycles. The van der Waals surface area contributed by atoms with Gasteiger partial charge in [-0.1, -0.05) is 18.2 Å². The minimum atomic E-state index is -0.791. The highest BCUT2D eigenvalue weighted by Gasteiger charge is 2.30. The highest BCUT2D eigenvalue weighted by atomic mass is 35.5. The van der Waals surface area contributed by atoms with Crippen LogP contribution in [0.3, 0.4) is 0 Å². The van der Waals surface area contributed by atoms with Gasteiger partial charge in [0, 0.05) is 35.7 Å². The van der Waals surface area contributed by atoms with Crippen molar-refractivity contribution in [3.05, 3.63) is 70.7 Å². The van der Waals surface area contributed by atoms with Gasteiger partial charge < -0.3 is 14.6 Å². The van der Waals surface area contributed by atoms with E-state index in [1.54, 1.807) is 15.5 Å². The first-order valence-corrected chi connectivity index (χ1v) is 12.2. The van der Waals surface area contributed by atoms with Crippen LogP contribution in [0.5, 0.6) is 0 Å². The maximum Gasteiger partial charge on any atom is 0.303 e. The van der Waals surface area contributed by atoms with Crippen molar-refractivity contribution in [2.45, 2.75) is 38.8 Å². The van der Waals surface area contributed by atoms with E-state index < -0.39 is 23.4 Å². The van der Waals surface area contributed by atoms with Crippen LogP contribution < -0.4 is 0 Å². The minimum absolute atomic E-state index is 0. The Kier molecular flexibility index (Phi) is 8.14. The first-order chi connectivity index (χ1) is 17.3. The summed E-state index contributed by atoms with van der Waals surface area (Å²) in [7, 11) is 0. The number of rotatable bonds is 6. The Morgan fingerprint density at radius 1 is 1.00 bits per heavy atom. The van der Waals surface area contributed by atoms with Crippen LogP contribution in [0.1, 0.15) is 36.1 Å². The number of carboxylic acids is 1. The highest BCUT2D eigenvalue weighted by molar-refractivity contribution is 5.87. The fourth-order valence-corrected chi connectivity index (χ4v) is 5.55. The zero-order valence-electron chi connectivity index (χ0n) is 20.3. The van der Waals surface area contributed by atoms with Gasteiger partial charge in [-0.15, -0.1) is 12.4 Å². The molecule has 1 aromatic heterocycles. The number of carbonyl (C=O) groups excluding carboxylic acids is 1. The van der Waals surface area contributed by atoms with Gasteiger partial charge in [0.25, 0.3) is 0 Å². The van der Waals surface area contributed by atoms with Gasteiger partial charge in [0.2, 0.25) is 5.91 Å². The molecule has 3 heterocycles. The number of likely N-dealkylation sites (tertiary alicyclic amines) is 1. The maximum absolute atomic E-state index is 15.0. The highest BCUT2D eigenvalue weighted by Crippen LogP contribution is 2.33. The molecule has 10 heteroatoms. The van der Waals surface area contributed by atoms with E-state index in [2.05, 4.69) is 4.90 Å². The van der Waals surface area contributed by atoms with Gasteiger partial charge in [0.05, 0.1) is 25.2 Å². The summed E-state index contributed by atoms with van der Waals surface area (Å²) in [4.78, 5) is 27.9. The zero-order valence-corrected chi connectivity index (χ0v) is 21.1. The van der Waals surface area contributed by atoms with Crippen molar-refractivity contribution in [1.82, 2.24) is 14.4 Å². The van der Waals surface area contributed by atoms with Gasteiger partial charge in [-0.2, -0.15) is 0 Å². The van der Waals surface area contributed by atoms with Crippen LogP contribution in [0, 0.1) is 23.4 Å². The molecule has 0 aliphatic carbocycles. The van der Waals surface area contributed by atoms with E-state index in [1.807, 2.05) is 6.07 Å². The Morgan fingerprint density at radius 3 is 2.46 bits per heavy atom. The summed E-state index contributed by atoms with van der Waals surface area (Å²) >= 11 is 0. The fraction of sp³-hybridized carbons (Fsp3) is 0.407. The normalized spacial score (nSPS) is 16.5. The molecule has 5 rings (SSSR count). The predicted octanol–water partition coefficient (Wildman–Crippen LogP) is 4.60. The van der Waals surface area contributed by atoms with Crippen LogP contribution in [0.15, 0.2) is 36.4 Å². The Balaban J connectivity index is 0.00000320. The van der Waals surface area contributed by atoms with Crippen molar-refractivity contribution >= 4 is 35.2 Å². The van der Waals surface area contributed by atoms with Crippen LogP contribution in [-0.2, 0) is 29.1 Å². The number of hydrogen-bond donors (Lipinski definition) is 1. The van der Waals surface area contributed by atoms with Crippen LogP contribution in [0.2, 0.25) is 0 Å². The molecule has 1 amide bonds. The molecule has 0 radical (unpaired) electrons. The summed E-state index contributed by atoms with van der Waals surface area (Å²) in [5, 5.41) is 9.75. The SMILES string of the molecule is Cl.O=C(O)CC1CCN(CC(=O)N2CCc3c(n(Cc4ccc(F)cc4F)c4c(F)cccc34)C2)CC1. The summed E-state index contributed by atoms with van der Waals surface area (Å²) in [6.07, 6.45) is 2.22. The second-order valence-corrected chi connectivity index (χ2v) is 9.77. The third-order valence-corrected chi connectivity index (χ3v) is 7.45. The van der Waals surface area contributed by atoms with Crippen LogP contribution in [0.4, 0.5) is 13.2 Å². The standard InChI is InChI=1S/C27H28F3N3O3.ClH/c28-19-5-4-18(23(30)13-19)14-33-24-15-32(11-8-20(24)21-2-1-3-22(29)27(21)33)25(34)16-31-9-6-17(7-10-31)12-26(35)36;/h1-5,13,17H,6-12,14-16H2,(H,35,36);1H. The number of amides is 1. The number of piperidine rings is 1. The molecule has 0 unspecified atom stereocenters. The zero-order chi connectivity index (χ0) is 25.4. The van der Waals surface area contributed by atoms with Crippen LogP contribution >= 0.6 is 12.4 Å². The van der Waals surface area contributed by atoms with Crippen molar-refractivity contribution in [3.8, 4) is 0 Å². The maximum atomic E-state index is 15.0. The van der Waals surface area contributed by atoms with Gasteiger partial charge in [-0.05, 0) is 56.0 Å². The lowest BCUT2D eigenvalue weighted by Crippen LogP contribution is -2.45. The van der Waals surface area contributed by atoms with Gasteiger partial charge >= 0.3 is 5.97 Å². The average Bonchev–Trinajstić information content (AvgIpc) is 3.16. The summed E-state index contributed by atoms with van der Waals surface area (Å²) in [6.45, 7) is 2.41. The lowest BCUT2D eigenvalue weighted by molar-refractivity contribution is -0.139. The van der Waals surface area contributed by atoms with Crippen molar-refractivity contribution in [3.63, 3.8) is 0 Å². The molecular formula is C27H29ClF3N3O3. The Bertz CT molecular complexity index is 1320. The topological polar surface area (TPSA) is 65.8 Å². The van der Waals surface area contributed by atoms with Crippen LogP contribution in [-0.4, -0.2) is 57.5 Å². The number of nitrogens with zero attached hydrogens (tertiary/aromatic N) is 3. The molecule has 2 aliphatic heterocycles. The molecule has 0 bridgehead atoms. The van der Waals surface area contributed by atoms with E-state index in [4.69, 9.17) is 5.11 Å². The fourth-order valence-electron chi connectivity index (χ4n) is 5.55. The number of carbonyl (C=O) groups is 2. The largest absolute Gasteiger partial charge is 0.481 e. The second kappa shape index (κ2) is 11.1. The van der Waals surface area contributed by atoms with E-state index in [0.717, 1.165) is 35.6 Å². The van der Waals surface area contributed by atoms with Crippen molar-refractivity contribution in [1.29, 1.82) is 0 Å². The predicted molar refractivity (Wildman–Crippen MR) is 135 cm³/mol. The molecule has 0 atom stereocenters. The first kappa shape index (κ1) is 27.0. The van der Waals surface area contributed by atoms with Gasteiger partial charge in [-0.25, -0.2) is 13.2 Å². The molecule has 198 valence electrons. The van der Waals surface area contributed by atoms with Crippen molar-refractivity contribution in [2.75, 3.05) is 26.2 Å². The third kappa shape index (κ3) is 5.62. The molecule has 3 aromatic rings. The Hall–Kier alpha value is -3.04. The average molecular weight is 536 g/mol. The van der Waals surface area contributed by atoms with Crippen LogP contribution in [0.25, 0.3) is 10.9 Å². The smallest absolute Gasteiger partial charge is 0.303 e. The number of para-hydroxylation sites is 1. The van der Waals surface area contributed by atoms with E-state index >= 15 is 0 Å². The third-order valence-electron chi connectivity index (χ3n) is 7.45. The van der Waals surface area contributed by atoms with Gasteiger partial charge in [0.15, 0.2) is 0 Å². The van der Waals surface area contributed by atoms with Crippen molar-refractivity contribution < 1.29 is 27.9 Å². The molecule has 2 aliphatic rings. The van der Waals surface area contributed by atoms with E-state index in [-0.39, 0.29) is 55.9 Å². The monoisotopic (exact) mass is 535 g/mol. The Labute approximate surface area is 219 Å². The Morgan fingerprint density at radius 2 is 1.76 bits per heavy atom. The molecule has 1 N–H and O–H groups in total. The number of aromatic nitrogens is 1. The number of hydrogen-bond acceptors (Lipinski definition) is 3. The van der Waals surface area contributed by atoms with Crippen molar-refractivity contribution in [2.24, 2.45) is 5.92 Å². The first-order valence-electron chi connectivity index (χ1n) is 12.2. The summed E-state index contributed by atoms with van der Waals surface area (Å²) in [5.74, 6) is -2.48. The summed E-state index contributed by atoms with van der Waals surface area (Å²) in [6, 6.07) is 8.22.